The van der Waals surface area contributed by atoms with Crippen molar-refractivity contribution in [1.29, 1.82) is 0 Å². The quantitative estimate of drug-likeness (QED) is 0.584. The summed E-state index contributed by atoms with van der Waals surface area (Å²) >= 11 is 3.58. The van der Waals surface area contributed by atoms with Gasteiger partial charge in [0.25, 0.3) is 0 Å². The van der Waals surface area contributed by atoms with Crippen LogP contribution in [0.5, 0.6) is 0 Å². The number of piperidine rings is 1. The number of aliphatic hydroxyl groups excluding tert-OH is 2. The molecule has 4 atom stereocenters. The van der Waals surface area contributed by atoms with E-state index in [0.717, 1.165) is 53.4 Å². The van der Waals surface area contributed by atoms with Crippen LogP contribution in [0.1, 0.15) is 48.0 Å². The van der Waals surface area contributed by atoms with Crippen molar-refractivity contribution in [2.75, 3.05) is 19.6 Å². The molecule has 5 rings (SSSR count). The van der Waals surface area contributed by atoms with Crippen LogP contribution in [-0.2, 0) is 12.8 Å². The summed E-state index contributed by atoms with van der Waals surface area (Å²) in [7, 11) is 0. The zero-order valence-electron chi connectivity index (χ0n) is 18.1. The van der Waals surface area contributed by atoms with Crippen LogP contribution in [-0.4, -0.2) is 50.4 Å². The molecule has 2 aliphatic rings. The van der Waals surface area contributed by atoms with Gasteiger partial charge in [-0.3, -0.25) is 0 Å². The van der Waals surface area contributed by atoms with Crippen molar-refractivity contribution in [3.8, 4) is 0 Å². The molecular formula is C25H30BrN3O2. The third kappa shape index (κ3) is 4.07. The minimum atomic E-state index is -0.672. The third-order valence-electron chi connectivity index (χ3n) is 6.91. The molecule has 1 saturated heterocycles. The van der Waals surface area contributed by atoms with Gasteiger partial charge in [-0.15, -0.1) is 0 Å². The lowest BCUT2D eigenvalue weighted by atomic mass is 9.98. The largest absolute Gasteiger partial charge is 0.390 e. The summed E-state index contributed by atoms with van der Waals surface area (Å²) in [6, 6.07) is 12.7. The average Bonchev–Trinajstić information content (AvgIpc) is 3.28. The summed E-state index contributed by atoms with van der Waals surface area (Å²) in [6.45, 7) is 6.42. The van der Waals surface area contributed by atoms with Crippen molar-refractivity contribution in [2.45, 2.75) is 51.4 Å². The second-order valence-corrected chi connectivity index (χ2v) is 10.3. The number of imidazole rings is 1. The predicted molar refractivity (Wildman–Crippen MR) is 126 cm³/mol. The molecule has 1 aliphatic heterocycles. The number of fused-ring (bicyclic) bond motifs is 2. The molecule has 2 N–H and O–H groups in total. The van der Waals surface area contributed by atoms with Crippen molar-refractivity contribution in [2.24, 2.45) is 5.92 Å². The van der Waals surface area contributed by atoms with E-state index in [-0.39, 0.29) is 6.04 Å². The Balaban J connectivity index is 1.31. The van der Waals surface area contributed by atoms with Crippen LogP contribution < -0.4 is 0 Å². The Morgan fingerprint density at radius 3 is 2.74 bits per heavy atom. The number of aliphatic hydroxyl groups is 2. The highest BCUT2D eigenvalue weighted by molar-refractivity contribution is 9.10. The average molecular weight is 484 g/mol. The molecule has 2 heterocycles. The van der Waals surface area contributed by atoms with Crippen molar-refractivity contribution in [1.82, 2.24) is 14.5 Å². The fraction of sp³-hybridized carbons (Fsp3) is 0.480. The summed E-state index contributed by atoms with van der Waals surface area (Å²) in [6.07, 6.45) is 1.93. The Kier molecular flexibility index (Phi) is 5.67. The number of nitrogens with zero attached hydrogens (tertiary/aromatic N) is 3. The van der Waals surface area contributed by atoms with Gasteiger partial charge < -0.3 is 19.7 Å². The molecule has 2 aromatic carbocycles. The monoisotopic (exact) mass is 483 g/mol. The molecule has 1 unspecified atom stereocenters. The first-order chi connectivity index (χ1) is 14.9. The fourth-order valence-corrected chi connectivity index (χ4v) is 5.90. The molecule has 31 heavy (non-hydrogen) atoms. The van der Waals surface area contributed by atoms with E-state index in [0.29, 0.717) is 18.3 Å². The second kappa shape index (κ2) is 8.32. The van der Waals surface area contributed by atoms with Gasteiger partial charge in [-0.2, -0.15) is 0 Å². The number of aromatic nitrogens is 2. The number of rotatable bonds is 4. The van der Waals surface area contributed by atoms with Crippen LogP contribution in [0, 0.1) is 12.8 Å². The van der Waals surface area contributed by atoms with Gasteiger partial charge in [-0.25, -0.2) is 4.98 Å². The van der Waals surface area contributed by atoms with Crippen LogP contribution in [0.4, 0.5) is 0 Å². The molecule has 1 aliphatic carbocycles. The van der Waals surface area contributed by atoms with Gasteiger partial charge in [0.05, 0.1) is 23.2 Å². The van der Waals surface area contributed by atoms with Gasteiger partial charge in [0.15, 0.2) is 0 Å². The van der Waals surface area contributed by atoms with Gasteiger partial charge in [0, 0.05) is 24.1 Å². The van der Waals surface area contributed by atoms with Crippen molar-refractivity contribution >= 4 is 27.0 Å². The number of likely N-dealkylation sites (tertiary alicyclic amines) is 1. The Morgan fingerprint density at radius 1 is 1.16 bits per heavy atom. The molecule has 3 aromatic rings. The molecule has 1 aromatic heterocycles. The molecule has 6 heteroatoms. The fourth-order valence-electron chi connectivity index (χ4n) is 5.49. The molecule has 0 saturated carbocycles. The predicted octanol–water partition coefficient (Wildman–Crippen LogP) is 4.18. The summed E-state index contributed by atoms with van der Waals surface area (Å²) in [5, 5.41) is 21.5. The first-order valence-corrected chi connectivity index (χ1v) is 12.0. The Morgan fingerprint density at radius 2 is 1.97 bits per heavy atom. The molecule has 1 fully saturated rings. The molecule has 0 bridgehead atoms. The topological polar surface area (TPSA) is 61.5 Å². The van der Waals surface area contributed by atoms with Crippen LogP contribution in [0.25, 0.3) is 11.0 Å². The third-order valence-corrected chi connectivity index (χ3v) is 7.40. The number of hydrogen-bond acceptors (Lipinski definition) is 4. The van der Waals surface area contributed by atoms with E-state index in [4.69, 9.17) is 4.98 Å². The lowest BCUT2D eigenvalue weighted by Gasteiger charge is -2.38. The van der Waals surface area contributed by atoms with Gasteiger partial charge in [-0.05, 0) is 80.0 Å². The van der Waals surface area contributed by atoms with Crippen molar-refractivity contribution in [3.63, 3.8) is 0 Å². The molecular weight excluding hydrogens is 454 g/mol. The van der Waals surface area contributed by atoms with E-state index in [2.05, 4.69) is 61.8 Å². The van der Waals surface area contributed by atoms with E-state index in [9.17, 15) is 10.2 Å². The standard InChI is InChI=1S/C25H30BrN3O2/c1-15-3-6-22-21(9-15)27-25(16(2)30)29(22)23-7-8-28(14-24(23)31)13-17-10-18-4-5-20(26)12-19(18)11-17/h3-6,9,12,16-17,23-24,30-31H,7-8,10-11,13-14H2,1-2H3/t16?,17-,23+,24+/m0/s1. The maximum atomic E-state index is 11.1. The zero-order chi connectivity index (χ0) is 21.7. The normalized spacial score (nSPS) is 25.1. The highest BCUT2D eigenvalue weighted by atomic mass is 79.9. The highest BCUT2D eigenvalue weighted by Crippen LogP contribution is 2.34. The van der Waals surface area contributed by atoms with Crippen molar-refractivity contribution in [3.05, 3.63) is 63.4 Å². The summed E-state index contributed by atoms with van der Waals surface area (Å²) in [5.74, 6) is 1.26. The first-order valence-electron chi connectivity index (χ1n) is 11.2. The Labute approximate surface area is 191 Å². The molecule has 0 radical (unpaired) electrons. The number of β-amino-alcohol motifs (C(OH)–C–C–N with tert-alkyl or cyclic N) is 1. The molecule has 0 amide bonds. The smallest absolute Gasteiger partial charge is 0.138 e. The van der Waals surface area contributed by atoms with Gasteiger partial charge in [0.1, 0.15) is 11.9 Å². The number of benzene rings is 2. The van der Waals surface area contributed by atoms with Crippen LogP contribution in [0.3, 0.4) is 0 Å². The summed E-state index contributed by atoms with van der Waals surface area (Å²) < 4.78 is 3.24. The zero-order valence-corrected chi connectivity index (χ0v) is 19.7. The van der Waals surface area contributed by atoms with Crippen molar-refractivity contribution < 1.29 is 10.2 Å². The maximum absolute atomic E-state index is 11.1. The molecule has 164 valence electrons. The molecule has 0 spiro atoms. The van der Waals surface area contributed by atoms with E-state index in [1.807, 2.05) is 6.92 Å². The Hall–Kier alpha value is -1.73. The van der Waals surface area contributed by atoms with Crippen LogP contribution in [0.2, 0.25) is 0 Å². The lowest BCUT2D eigenvalue weighted by molar-refractivity contribution is 0.0197. The molecule has 5 nitrogen and oxygen atoms in total. The first kappa shape index (κ1) is 21.1. The summed E-state index contributed by atoms with van der Waals surface area (Å²) in [5.41, 5.74) is 5.95. The summed E-state index contributed by atoms with van der Waals surface area (Å²) in [4.78, 5) is 7.11. The lowest BCUT2D eigenvalue weighted by Crippen LogP contribution is -2.46. The Bertz CT molecular complexity index is 1110. The minimum absolute atomic E-state index is 0.0645. The van der Waals surface area contributed by atoms with Gasteiger partial charge in [0.2, 0.25) is 0 Å². The van der Waals surface area contributed by atoms with Gasteiger partial charge >= 0.3 is 0 Å². The van der Waals surface area contributed by atoms with Crippen LogP contribution in [0.15, 0.2) is 40.9 Å². The minimum Gasteiger partial charge on any atom is -0.390 e. The van der Waals surface area contributed by atoms with Gasteiger partial charge in [-0.1, -0.05) is 28.1 Å². The van der Waals surface area contributed by atoms with E-state index < -0.39 is 12.2 Å². The maximum Gasteiger partial charge on any atom is 0.138 e. The second-order valence-electron chi connectivity index (χ2n) is 9.38. The number of halogens is 1. The number of aryl methyl sites for hydroxylation is 1. The number of hydrogen-bond donors (Lipinski definition) is 2. The SMILES string of the molecule is Cc1ccc2c(c1)nc(C(C)O)n2[C@@H]1CCN(C[C@H]2Cc3ccc(Br)cc3C2)C[C@H]1O. The van der Waals surface area contributed by atoms with E-state index in [1.54, 1.807) is 6.92 Å². The van der Waals surface area contributed by atoms with E-state index >= 15 is 0 Å². The van der Waals surface area contributed by atoms with E-state index in [1.165, 1.54) is 11.1 Å². The highest BCUT2D eigenvalue weighted by Gasteiger charge is 2.34. The van der Waals surface area contributed by atoms with Crippen LogP contribution >= 0.6 is 15.9 Å².